The fourth-order valence-corrected chi connectivity index (χ4v) is 5.53. The third-order valence-electron chi connectivity index (χ3n) is 6.92. The Balaban J connectivity index is 1.45. The van der Waals surface area contributed by atoms with Gasteiger partial charge in [-0.2, -0.15) is 4.52 Å². The van der Waals surface area contributed by atoms with E-state index in [4.69, 9.17) is 0 Å². The quantitative estimate of drug-likeness (QED) is 0.463. The molecule has 158 valence electrons. The summed E-state index contributed by atoms with van der Waals surface area (Å²) in [7, 11) is 0. The fraction of sp³-hybridized carbons (Fsp3) is 0.381. The molecule has 2 atom stereocenters. The van der Waals surface area contributed by atoms with Gasteiger partial charge in [0, 0.05) is 28.8 Å². The van der Waals surface area contributed by atoms with Gasteiger partial charge in [-0.3, -0.25) is 4.79 Å². The van der Waals surface area contributed by atoms with Crippen LogP contribution in [0.15, 0.2) is 30.7 Å². The highest BCUT2D eigenvalue weighted by Gasteiger charge is 2.47. The molecule has 4 heterocycles. The Bertz CT molecular complexity index is 1310. The predicted molar refractivity (Wildman–Crippen MR) is 110 cm³/mol. The van der Waals surface area contributed by atoms with Gasteiger partial charge in [-0.05, 0) is 60.1 Å². The SMILES string of the molecule is O=C(O)[C@H]1C2CCC(CC2)C1Nc1cc(-c2c[nH]c3ncc(F)cc23)c2nnnn2c1. The second-order valence-corrected chi connectivity index (χ2v) is 8.55. The van der Waals surface area contributed by atoms with Crippen molar-refractivity contribution in [2.24, 2.45) is 17.8 Å². The molecule has 3 N–H and O–H groups in total. The second kappa shape index (κ2) is 6.73. The summed E-state index contributed by atoms with van der Waals surface area (Å²) in [5.41, 5.74) is 3.26. The zero-order chi connectivity index (χ0) is 21.1. The molecule has 3 aliphatic carbocycles. The Hall–Kier alpha value is -3.56. The molecule has 9 nitrogen and oxygen atoms in total. The van der Waals surface area contributed by atoms with Crippen LogP contribution in [-0.2, 0) is 4.79 Å². The van der Waals surface area contributed by atoms with Gasteiger partial charge >= 0.3 is 5.97 Å². The number of aromatic nitrogens is 6. The van der Waals surface area contributed by atoms with Crippen molar-refractivity contribution < 1.29 is 14.3 Å². The lowest BCUT2D eigenvalue weighted by atomic mass is 9.61. The molecule has 7 rings (SSSR count). The first kappa shape index (κ1) is 18.2. The van der Waals surface area contributed by atoms with Crippen molar-refractivity contribution in [3.8, 4) is 11.1 Å². The summed E-state index contributed by atoms with van der Waals surface area (Å²) in [5.74, 6) is -1.05. The van der Waals surface area contributed by atoms with Crippen molar-refractivity contribution in [2.75, 3.05) is 5.32 Å². The Morgan fingerprint density at radius 3 is 2.81 bits per heavy atom. The fourth-order valence-electron chi connectivity index (χ4n) is 5.53. The lowest BCUT2D eigenvalue weighted by Crippen LogP contribution is -2.51. The molecule has 4 aromatic rings. The highest BCUT2D eigenvalue weighted by atomic mass is 19.1. The van der Waals surface area contributed by atoms with Crippen molar-refractivity contribution in [2.45, 2.75) is 31.7 Å². The van der Waals surface area contributed by atoms with Crippen LogP contribution in [-0.4, -0.2) is 47.1 Å². The number of aliphatic carboxylic acids is 1. The molecule has 3 fully saturated rings. The number of nitrogens with one attached hydrogen (secondary N) is 2. The monoisotopic (exact) mass is 421 g/mol. The molecule has 3 saturated carbocycles. The molecular formula is C21H20FN7O2. The molecule has 1 unspecified atom stereocenters. The molecule has 3 aliphatic rings. The van der Waals surface area contributed by atoms with Gasteiger partial charge in [0.2, 0.25) is 0 Å². The lowest BCUT2D eigenvalue weighted by Gasteiger charge is -2.47. The number of aromatic amines is 1. The number of fused-ring (bicyclic) bond motifs is 5. The van der Waals surface area contributed by atoms with Crippen LogP contribution in [0.4, 0.5) is 10.1 Å². The summed E-state index contributed by atoms with van der Waals surface area (Å²) in [6.07, 6.45) is 8.73. The van der Waals surface area contributed by atoms with Gasteiger partial charge in [-0.1, -0.05) is 0 Å². The molecular weight excluding hydrogens is 401 g/mol. The highest BCUT2D eigenvalue weighted by molar-refractivity contribution is 5.97. The van der Waals surface area contributed by atoms with Gasteiger partial charge in [-0.15, -0.1) is 5.10 Å². The molecule has 0 saturated heterocycles. The third kappa shape index (κ3) is 2.85. The Morgan fingerprint density at radius 2 is 2.00 bits per heavy atom. The highest BCUT2D eigenvalue weighted by Crippen LogP contribution is 2.46. The predicted octanol–water partition coefficient (Wildman–Crippen LogP) is 3.11. The smallest absolute Gasteiger partial charge is 0.308 e. The standard InChI is InChI=1S/C21H20FN7O2/c22-12-5-14-16(8-24-19(14)23-7-12)15-6-13(9-29-20(15)26-27-28-29)25-18-11-3-1-10(2-4-11)17(18)21(30)31/h5-11,17-18,25H,1-4H2,(H,23,24)(H,30,31)/t10?,11?,17-,18?/m0/s1. The zero-order valence-electron chi connectivity index (χ0n) is 16.5. The van der Waals surface area contributed by atoms with E-state index >= 15 is 0 Å². The summed E-state index contributed by atoms with van der Waals surface area (Å²) >= 11 is 0. The first-order valence-corrected chi connectivity index (χ1v) is 10.4. The molecule has 31 heavy (non-hydrogen) atoms. The van der Waals surface area contributed by atoms with Gasteiger partial charge in [0.1, 0.15) is 11.5 Å². The van der Waals surface area contributed by atoms with Crippen LogP contribution in [0.3, 0.4) is 0 Å². The van der Waals surface area contributed by atoms with E-state index in [0.717, 1.165) is 36.9 Å². The Labute approximate surface area is 175 Å². The number of hydrogen-bond acceptors (Lipinski definition) is 6. The van der Waals surface area contributed by atoms with Crippen LogP contribution in [0.25, 0.3) is 27.8 Å². The van der Waals surface area contributed by atoms with E-state index in [1.807, 2.05) is 6.07 Å². The van der Waals surface area contributed by atoms with Gasteiger partial charge in [-0.25, -0.2) is 9.37 Å². The van der Waals surface area contributed by atoms with Crippen molar-refractivity contribution >= 4 is 28.3 Å². The van der Waals surface area contributed by atoms with Gasteiger partial charge in [0.15, 0.2) is 5.65 Å². The molecule has 4 aromatic heterocycles. The largest absolute Gasteiger partial charge is 0.481 e. The van der Waals surface area contributed by atoms with E-state index in [1.165, 1.54) is 12.3 Å². The minimum absolute atomic E-state index is 0.145. The number of hydrogen-bond donors (Lipinski definition) is 3. The Kier molecular flexibility index (Phi) is 3.95. The van der Waals surface area contributed by atoms with Crippen molar-refractivity contribution in [1.29, 1.82) is 0 Å². The van der Waals surface area contributed by atoms with Crippen LogP contribution in [0, 0.1) is 23.6 Å². The van der Waals surface area contributed by atoms with E-state index < -0.39 is 17.7 Å². The minimum Gasteiger partial charge on any atom is -0.481 e. The van der Waals surface area contributed by atoms with E-state index in [0.29, 0.717) is 28.2 Å². The van der Waals surface area contributed by atoms with Gasteiger partial charge in [0.25, 0.3) is 0 Å². The summed E-state index contributed by atoms with van der Waals surface area (Å²) in [4.78, 5) is 19.2. The molecule has 0 aliphatic heterocycles. The summed E-state index contributed by atoms with van der Waals surface area (Å²) in [6.45, 7) is 0. The number of anilines is 1. The van der Waals surface area contributed by atoms with E-state index in [1.54, 1.807) is 16.9 Å². The number of carboxylic acid groups (broad SMARTS) is 1. The maximum atomic E-state index is 13.9. The van der Waals surface area contributed by atoms with Crippen molar-refractivity contribution in [3.63, 3.8) is 0 Å². The van der Waals surface area contributed by atoms with Crippen LogP contribution in [0.5, 0.6) is 0 Å². The van der Waals surface area contributed by atoms with E-state index in [-0.39, 0.29) is 12.0 Å². The number of carbonyl (C=O) groups is 1. The number of nitrogens with zero attached hydrogens (tertiary/aromatic N) is 5. The molecule has 0 radical (unpaired) electrons. The summed E-state index contributed by atoms with van der Waals surface area (Å²) in [5, 5.41) is 25.9. The number of rotatable bonds is 4. The number of tetrazole rings is 1. The van der Waals surface area contributed by atoms with Crippen molar-refractivity contribution in [3.05, 3.63) is 36.5 Å². The molecule has 0 aromatic carbocycles. The van der Waals surface area contributed by atoms with Crippen LogP contribution < -0.4 is 5.32 Å². The average molecular weight is 421 g/mol. The molecule has 2 bridgehead atoms. The summed E-state index contributed by atoms with van der Waals surface area (Å²) in [6, 6.07) is 3.18. The van der Waals surface area contributed by atoms with Crippen LogP contribution >= 0.6 is 0 Å². The first-order valence-electron chi connectivity index (χ1n) is 10.4. The average Bonchev–Trinajstić information content (AvgIpc) is 3.40. The molecule has 0 amide bonds. The maximum Gasteiger partial charge on any atom is 0.308 e. The topological polar surface area (TPSA) is 121 Å². The Morgan fingerprint density at radius 1 is 1.19 bits per heavy atom. The minimum atomic E-state index is -0.742. The van der Waals surface area contributed by atoms with Crippen LogP contribution in [0.1, 0.15) is 25.7 Å². The zero-order valence-corrected chi connectivity index (χ0v) is 16.5. The third-order valence-corrected chi connectivity index (χ3v) is 6.92. The van der Waals surface area contributed by atoms with Crippen LogP contribution in [0.2, 0.25) is 0 Å². The summed E-state index contributed by atoms with van der Waals surface area (Å²) < 4.78 is 15.4. The lowest BCUT2D eigenvalue weighted by molar-refractivity contribution is -0.148. The maximum absolute atomic E-state index is 13.9. The second-order valence-electron chi connectivity index (χ2n) is 8.55. The van der Waals surface area contributed by atoms with Gasteiger partial charge < -0.3 is 15.4 Å². The molecule has 10 heteroatoms. The number of halogens is 1. The van der Waals surface area contributed by atoms with E-state index in [9.17, 15) is 14.3 Å². The first-order chi connectivity index (χ1) is 15.1. The molecule has 0 spiro atoms. The van der Waals surface area contributed by atoms with E-state index in [2.05, 4.69) is 30.8 Å². The van der Waals surface area contributed by atoms with Gasteiger partial charge in [0.05, 0.1) is 24.0 Å². The normalized spacial score (nSPS) is 25.3. The van der Waals surface area contributed by atoms with Crippen molar-refractivity contribution in [1.82, 2.24) is 30.0 Å². The number of H-pyrrole nitrogens is 1. The number of pyridine rings is 2. The number of carboxylic acids is 1.